The second-order valence-corrected chi connectivity index (χ2v) is 6.63. The summed E-state index contributed by atoms with van der Waals surface area (Å²) in [6, 6.07) is 3.99. The van der Waals surface area contributed by atoms with Gasteiger partial charge in [-0.05, 0) is 31.5 Å². The van der Waals surface area contributed by atoms with Crippen molar-refractivity contribution >= 4 is 28.4 Å². The van der Waals surface area contributed by atoms with Gasteiger partial charge < -0.3 is 10.3 Å². The largest absolute Gasteiger partial charge is 0.346 e. The Balaban J connectivity index is 1.85. The van der Waals surface area contributed by atoms with Gasteiger partial charge in [0.1, 0.15) is 17.7 Å². The Hall–Kier alpha value is -3.31. The first-order valence-electron chi connectivity index (χ1n) is 8.32. The molecule has 0 aliphatic carbocycles. The van der Waals surface area contributed by atoms with Gasteiger partial charge in [-0.2, -0.15) is 5.26 Å². The summed E-state index contributed by atoms with van der Waals surface area (Å²) in [5.41, 5.74) is 0.915. The van der Waals surface area contributed by atoms with E-state index in [-0.39, 0.29) is 17.0 Å². The third kappa shape index (κ3) is 3.70. The van der Waals surface area contributed by atoms with Crippen molar-refractivity contribution < 1.29 is 9.18 Å². The van der Waals surface area contributed by atoms with Gasteiger partial charge in [0.25, 0.3) is 5.56 Å². The van der Waals surface area contributed by atoms with Gasteiger partial charge in [0.15, 0.2) is 0 Å². The number of nitrogens with zero attached hydrogens (tertiary/aromatic N) is 3. The van der Waals surface area contributed by atoms with E-state index in [2.05, 4.69) is 20.3 Å². The Kier molecular flexibility index (Phi) is 5.38. The Morgan fingerprint density at radius 1 is 1.39 bits per heavy atom. The van der Waals surface area contributed by atoms with Crippen LogP contribution in [0.4, 0.5) is 4.39 Å². The van der Waals surface area contributed by atoms with Gasteiger partial charge in [-0.15, -0.1) is 0 Å². The van der Waals surface area contributed by atoms with Crippen LogP contribution in [0.1, 0.15) is 35.5 Å². The Bertz CT molecular complexity index is 1170. The lowest BCUT2D eigenvalue weighted by molar-refractivity contribution is -0.121. The van der Waals surface area contributed by atoms with E-state index in [1.54, 1.807) is 13.8 Å². The number of amides is 1. The zero-order chi connectivity index (χ0) is 20.4. The van der Waals surface area contributed by atoms with Crippen molar-refractivity contribution in [3.63, 3.8) is 0 Å². The van der Waals surface area contributed by atoms with E-state index in [1.165, 1.54) is 24.5 Å². The van der Waals surface area contributed by atoms with Crippen LogP contribution < -0.4 is 10.9 Å². The van der Waals surface area contributed by atoms with Crippen LogP contribution in [0.3, 0.4) is 0 Å². The first-order chi connectivity index (χ1) is 13.3. The number of rotatable bonds is 4. The lowest BCUT2D eigenvalue weighted by Crippen LogP contribution is -2.31. The molecule has 0 saturated heterocycles. The summed E-state index contributed by atoms with van der Waals surface area (Å²) in [4.78, 5) is 35.5. The molecular weight excluding hydrogens is 385 g/mol. The number of nitriles is 1. The zero-order valence-electron chi connectivity index (χ0n) is 15.0. The molecule has 3 aromatic rings. The molecule has 0 unspecified atom stereocenters. The smallest absolute Gasteiger partial charge is 0.252 e. The molecule has 1 amide bonds. The van der Waals surface area contributed by atoms with Crippen molar-refractivity contribution in [2.24, 2.45) is 0 Å². The fourth-order valence-electron chi connectivity index (χ4n) is 2.89. The molecule has 1 atom stereocenters. The lowest BCUT2D eigenvalue weighted by Gasteiger charge is -2.14. The predicted molar refractivity (Wildman–Crippen MR) is 101 cm³/mol. The van der Waals surface area contributed by atoms with Crippen LogP contribution in [0.15, 0.2) is 29.3 Å². The van der Waals surface area contributed by atoms with Gasteiger partial charge in [-0.25, -0.2) is 14.4 Å². The Morgan fingerprint density at radius 3 is 2.71 bits per heavy atom. The average Bonchev–Trinajstić information content (AvgIpc) is 2.68. The number of pyridine rings is 1. The second-order valence-electron chi connectivity index (χ2n) is 6.25. The number of benzene rings is 1. The molecular formula is C19H15ClFN5O2. The number of halogens is 2. The highest BCUT2D eigenvalue weighted by Gasteiger charge is 2.18. The molecule has 0 radical (unpaired) electrons. The molecule has 9 heteroatoms. The molecule has 2 heterocycles. The number of carbonyl (C=O) groups excluding carboxylic acids is 1. The fourth-order valence-corrected chi connectivity index (χ4v) is 3.20. The number of nitrogens with one attached hydrogen (secondary N) is 2. The van der Waals surface area contributed by atoms with Crippen LogP contribution in [0.2, 0.25) is 5.02 Å². The number of hydrogen-bond acceptors (Lipinski definition) is 5. The normalized spacial score (nSPS) is 11.8. The third-order valence-corrected chi connectivity index (χ3v) is 4.72. The summed E-state index contributed by atoms with van der Waals surface area (Å²) in [5, 5.41) is 11.7. The molecule has 0 spiro atoms. The van der Waals surface area contributed by atoms with Gasteiger partial charge in [0.05, 0.1) is 28.6 Å². The van der Waals surface area contributed by atoms with Crippen LogP contribution in [0.25, 0.3) is 10.9 Å². The molecule has 0 bridgehead atoms. The number of H-pyrrole nitrogens is 1. The maximum absolute atomic E-state index is 13.8. The maximum Gasteiger partial charge on any atom is 0.252 e. The molecule has 0 saturated carbocycles. The Labute approximate surface area is 164 Å². The minimum Gasteiger partial charge on any atom is -0.346 e. The summed E-state index contributed by atoms with van der Waals surface area (Å²) >= 11 is 6.04. The SMILES string of the molecule is Cc1c(CC(=O)N[C@@H](C)c2ncc(C#N)cn2)c(=O)[nH]c2ccc(F)c(Cl)c12. The number of hydrogen-bond donors (Lipinski definition) is 2. The minimum absolute atomic E-state index is 0.104. The summed E-state index contributed by atoms with van der Waals surface area (Å²) in [6.07, 6.45) is 2.50. The van der Waals surface area contributed by atoms with E-state index in [9.17, 15) is 14.0 Å². The van der Waals surface area contributed by atoms with Crippen LogP contribution in [-0.2, 0) is 11.2 Å². The van der Waals surface area contributed by atoms with Gasteiger partial charge >= 0.3 is 0 Å². The minimum atomic E-state index is -0.605. The topological polar surface area (TPSA) is 112 Å². The van der Waals surface area contributed by atoms with Crippen LogP contribution in [0, 0.1) is 24.1 Å². The van der Waals surface area contributed by atoms with E-state index >= 15 is 0 Å². The summed E-state index contributed by atoms with van der Waals surface area (Å²) in [6.45, 7) is 3.31. The van der Waals surface area contributed by atoms with Crippen molar-refractivity contribution in [2.45, 2.75) is 26.3 Å². The van der Waals surface area contributed by atoms with Crippen LogP contribution in [0.5, 0.6) is 0 Å². The first-order valence-corrected chi connectivity index (χ1v) is 8.70. The van der Waals surface area contributed by atoms with Crippen molar-refractivity contribution in [3.05, 3.63) is 68.2 Å². The molecule has 142 valence electrons. The molecule has 3 rings (SSSR count). The van der Waals surface area contributed by atoms with Gasteiger partial charge in [0, 0.05) is 23.3 Å². The number of aromatic amines is 1. The average molecular weight is 400 g/mol. The second kappa shape index (κ2) is 7.74. The highest BCUT2D eigenvalue weighted by atomic mass is 35.5. The van der Waals surface area contributed by atoms with Gasteiger partial charge in [-0.3, -0.25) is 9.59 Å². The molecule has 0 aliphatic rings. The van der Waals surface area contributed by atoms with Crippen molar-refractivity contribution in [1.82, 2.24) is 20.3 Å². The molecule has 2 N–H and O–H groups in total. The van der Waals surface area contributed by atoms with E-state index < -0.39 is 23.3 Å². The first kappa shape index (κ1) is 19.5. The standard InChI is InChI=1S/C19H15ClFN5O2/c1-9-12(19(28)26-14-4-3-13(21)17(20)16(9)14)5-15(27)25-10(2)18-23-7-11(6-22)8-24-18/h3-4,7-8,10H,5H2,1-2H3,(H,25,27)(H,26,28)/t10-/m0/s1. The predicted octanol–water partition coefficient (Wildman–Crippen LogP) is 2.71. The molecule has 1 aromatic carbocycles. The highest BCUT2D eigenvalue weighted by Crippen LogP contribution is 2.28. The number of carbonyl (C=O) groups is 1. The van der Waals surface area contributed by atoms with Crippen molar-refractivity contribution in [2.75, 3.05) is 0 Å². The van der Waals surface area contributed by atoms with Crippen molar-refractivity contribution in [1.29, 1.82) is 5.26 Å². The summed E-state index contributed by atoms with van der Waals surface area (Å²) < 4.78 is 13.8. The van der Waals surface area contributed by atoms with Gasteiger partial charge in [0.2, 0.25) is 5.91 Å². The highest BCUT2D eigenvalue weighted by molar-refractivity contribution is 6.35. The molecule has 0 fully saturated rings. The van der Waals surface area contributed by atoms with Crippen LogP contribution >= 0.6 is 11.6 Å². The molecule has 2 aromatic heterocycles. The van der Waals surface area contributed by atoms with Gasteiger partial charge in [-0.1, -0.05) is 11.6 Å². The van der Waals surface area contributed by atoms with E-state index in [1.807, 2.05) is 6.07 Å². The fraction of sp³-hybridized carbons (Fsp3) is 0.211. The summed E-state index contributed by atoms with van der Waals surface area (Å²) in [5.74, 6) is -0.700. The molecule has 7 nitrogen and oxygen atoms in total. The third-order valence-electron chi connectivity index (χ3n) is 4.35. The van der Waals surface area contributed by atoms with Crippen LogP contribution in [-0.4, -0.2) is 20.9 Å². The van der Waals surface area contributed by atoms with E-state index in [0.29, 0.717) is 27.9 Å². The monoisotopic (exact) mass is 399 g/mol. The lowest BCUT2D eigenvalue weighted by atomic mass is 10.0. The quantitative estimate of drug-likeness (QED) is 0.700. The van der Waals surface area contributed by atoms with Crippen molar-refractivity contribution in [3.8, 4) is 6.07 Å². The maximum atomic E-state index is 13.8. The summed E-state index contributed by atoms with van der Waals surface area (Å²) in [7, 11) is 0. The number of aromatic nitrogens is 3. The molecule has 0 aliphatic heterocycles. The van der Waals surface area contributed by atoms with E-state index in [0.717, 1.165) is 0 Å². The zero-order valence-corrected chi connectivity index (χ0v) is 15.8. The number of aryl methyl sites for hydroxylation is 1. The number of fused-ring (bicyclic) bond motifs is 1. The Morgan fingerprint density at radius 2 is 2.07 bits per heavy atom. The molecule has 28 heavy (non-hydrogen) atoms. The van der Waals surface area contributed by atoms with E-state index in [4.69, 9.17) is 16.9 Å².